The van der Waals surface area contributed by atoms with E-state index in [0.29, 0.717) is 32.7 Å². The molecule has 0 saturated heterocycles. The summed E-state index contributed by atoms with van der Waals surface area (Å²) in [6.45, 7) is 1.78. The molecule has 8 nitrogen and oxygen atoms in total. The molecule has 2 aromatic heterocycles. The van der Waals surface area contributed by atoms with Gasteiger partial charge in [0.05, 0.1) is 11.3 Å². The number of fused-ring (bicyclic) bond motifs is 2. The first-order valence-corrected chi connectivity index (χ1v) is 12.6. The van der Waals surface area contributed by atoms with Crippen molar-refractivity contribution in [2.45, 2.75) is 6.92 Å². The largest absolute Gasteiger partial charge is 0.325 e. The third kappa shape index (κ3) is 4.08. The number of anilines is 2. The smallest absolute Gasteiger partial charge is 0.291 e. The Bertz CT molecular complexity index is 1810. The maximum absolute atomic E-state index is 13.6. The summed E-state index contributed by atoms with van der Waals surface area (Å²) in [6.07, 6.45) is 0. The van der Waals surface area contributed by atoms with Gasteiger partial charge in [-0.05, 0) is 37.3 Å². The van der Waals surface area contributed by atoms with E-state index in [1.54, 1.807) is 48.5 Å². The molecule has 5 aromatic rings. The summed E-state index contributed by atoms with van der Waals surface area (Å²) in [5, 5.41) is 7.72. The van der Waals surface area contributed by atoms with Crippen molar-refractivity contribution >= 4 is 56.7 Å². The van der Waals surface area contributed by atoms with Gasteiger partial charge in [-0.1, -0.05) is 71.0 Å². The van der Waals surface area contributed by atoms with Crippen molar-refractivity contribution < 1.29 is 9.59 Å². The van der Waals surface area contributed by atoms with Crippen molar-refractivity contribution in [3.8, 4) is 11.4 Å². The first kappa shape index (κ1) is 23.1. The van der Waals surface area contributed by atoms with E-state index < -0.39 is 11.5 Å². The topological polar surface area (TPSA) is 96.7 Å². The Labute approximate surface area is 219 Å². The average molecular weight is 528 g/mol. The number of aromatic nitrogens is 3. The summed E-state index contributed by atoms with van der Waals surface area (Å²) in [6, 6.07) is 21.5. The summed E-state index contributed by atoms with van der Waals surface area (Å²) in [7, 11) is 0. The van der Waals surface area contributed by atoms with Gasteiger partial charge in [-0.2, -0.15) is 9.50 Å². The van der Waals surface area contributed by atoms with Crippen LogP contribution in [0.4, 0.5) is 11.4 Å². The first-order chi connectivity index (χ1) is 17.9. The highest BCUT2D eigenvalue weighted by Crippen LogP contribution is 2.35. The second-order valence-electron chi connectivity index (χ2n) is 8.57. The zero-order chi connectivity index (χ0) is 25.7. The molecule has 0 atom stereocenters. The van der Waals surface area contributed by atoms with Gasteiger partial charge in [0.15, 0.2) is 5.82 Å². The molecule has 0 radical (unpaired) electrons. The van der Waals surface area contributed by atoms with Crippen molar-refractivity contribution in [3.63, 3.8) is 0 Å². The van der Waals surface area contributed by atoms with E-state index in [1.165, 1.54) is 9.42 Å². The molecule has 2 amide bonds. The lowest BCUT2D eigenvalue weighted by Gasteiger charge is -2.16. The highest BCUT2D eigenvalue weighted by atomic mass is 35.5. The number of nitrogens with one attached hydrogen (secondary N) is 1. The molecular weight excluding hydrogens is 510 g/mol. The number of rotatable bonds is 4. The second kappa shape index (κ2) is 8.95. The number of amides is 2. The number of carbonyl (C=O) groups excluding carboxylic acids is 2. The third-order valence-electron chi connectivity index (χ3n) is 6.05. The molecule has 3 heterocycles. The number of benzene rings is 3. The maximum atomic E-state index is 13.6. The van der Waals surface area contributed by atoms with Gasteiger partial charge >= 0.3 is 0 Å². The first-order valence-electron chi connectivity index (χ1n) is 11.4. The van der Waals surface area contributed by atoms with Crippen LogP contribution >= 0.6 is 22.9 Å². The monoisotopic (exact) mass is 527 g/mol. The van der Waals surface area contributed by atoms with Crippen molar-refractivity contribution in [1.82, 2.24) is 14.6 Å². The summed E-state index contributed by atoms with van der Waals surface area (Å²) in [5.41, 5.74) is 3.45. The number of thiazole rings is 1. The van der Waals surface area contributed by atoms with Crippen LogP contribution < -0.4 is 20.3 Å². The molecule has 0 spiro atoms. The fourth-order valence-corrected chi connectivity index (χ4v) is 5.37. The van der Waals surface area contributed by atoms with Gasteiger partial charge in [0.2, 0.25) is 10.9 Å². The Morgan fingerprint density at radius 1 is 1.00 bits per heavy atom. The molecular formula is C27H18ClN5O3S. The van der Waals surface area contributed by atoms with Crippen LogP contribution in [-0.2, 0) is 9.59 Å². The minimum absolute atomic E-state index is 0.214. The standard InChI is InChI=1S/C27H18ClN5O3S/c1-15-6-8-16(9-7-15)24-30-27-33(31-24)26(36)23(37-27)22-19-4-2-3-5-20(19)32(25(22)35)14-21(34)29-18-12-10-17(28)11-13-18/h2-13H,14H2,1H3,(H,29,34)/b23-22-. The van der Waals surface area contributed by atoms with Crippen LogP contribution in [0.1, 0.15) is 11.1 Å². The molecule has 0 saturated carbocycles. The quantitative estimate of drug-likeness (QED) is 0.384. The van der Waals surface area contributed by atoms with E-state index in [-0.39, 0.29) is 22.6 Å². The Morgan fingerprint density at radius 2 is 1.73 bits per heavy atom. The average Bonchev–Trinajstić information content (AvgIpc) is 3.52. The lowest BCUT2D eigenvalue weighted by atomic mass is 10.1. The predicted molar refractivity (Wildman–Crippen MR) is 144 cm³/mol. The van der Waals surface area contributed by atoms with Gasteiger partial charge in [-0.15, -0.1) is 5.10 Å². The van der Waals surface area contributed by atoms with E-state index in [4.69, 9.17) is 11.6 Å². The highest BCUT2D eigenvalue weighted by molar-refractivity contribution is 7.15. The number of para-hydroxylation sites is 1. The molecule has 10 heteroatoms. The zero-order valence-electron chi connectivity index (χ0n) is 19.4. The Balaban J connectivity index is 1.38. The molecule has 0 fully saturated rings. The number of nitrogens with zero attached hydrogens (tertiary/aromatic N) is 4. The number of hydrogen-bond donors (Lipinski definition) is 1. The van der Waals surface area contributed by atoms with Crippen LogP contribution in [0.3, 0.4) is 0 Å². The zero-order valence-corrected chi connectivity index (χ0v) is 21.0. The number of halogens is 1. The van der Waals surface area contributed by atoms with Gasteiger partial charge in [0.1, 0.15) is 11.1 Å². The van der Waals surface area contributed by atoms with Crippen molar-refractivity contribution in [1.29, 1.82) is 0 Å². The lowest BCUT2D eigenvalue weighted by molar-refractivity contribution is -0.118. The normalized spacial score (nSPS) is 14.3. The number of hydrogen-bond acceptors (Lipinski definition) is 6. The van der Waals surface area contributed by atoms with Crippen LogP contribution in [0.25, 0.3) is 21.9 Å². The molecule has 0 unspecified atom stereocenters. The van der Waals surface area contributed by atoms with Crippen molar-refractivity contribution in [2.75, 3.05) is 16.8 Å². The SMILES string of the molecule is Cc1ccc(-c2nc3s/c(=C4\C(=O)N(CC(=O)Nc5ccc(Cl)cc5)c5ccccc54)c(=O)n3n2)cc1. The van der Waals surface area contributed by atoms with E-state index >= 15 is 0 Å². The van der Waals surface area contributed by atoms with E-state index in [9.17, 15) is 14.4 Å². The van der Waals surface area contributed by atoms with Crippen LogP contribution in [-0.4, -0.2) is 33.0 Å². The van der Waals surface area contributed by atoms with Gasteiger partial charge < -0.3 is 5.32 Å². The summed E-state index contributed by atoms with van der Waals surface area (Å²) < 4.78 is 1.47. The van der Waals surface area contributed by atoms with E-state index in [0.717, 1.165) is 22.5 Å². The lowest BCUT2D eigenvalue weighted by Crippen LogP contribution is -2.37. The van der Waals surface area contributed by atoms with Crippen molar-refractivity contribution in [2.24, 2.45) is 0 Å². The highest BCUT2D eigenvalue weighted by Gasteiger charge is 2.35. The molecule has 6 rings (SSSR count). The molecule has 1 N–H and O–H groups in total. The van der Waals surface area contributed by atoms with Crippen LogP contribution in [0.15, 0.2) is 77.6 Å². The fraction of sp³-hybridized carbons (Fsp3) is 0.0741. The van der Waals surface area contributed by atoms with E-state index in [1.807, 2.05) is 31.2 Å². The van der Waals surface area contributed by atoms with Gasteiger partial charge in [0.25, 0.3) is 11.5 Å². The molecule has 37 heavy (non-hydrogen) atoms. The summed E-state index contributed by atoms with van der Waals surface area (Å²) in [5.74, 6) is -0.356. The molecule has 0 aliphatic carbocycles. The Kier molecular flexibility index (Phi) is 5.58. The minimum Gasteiger partial charge on any atom is -0.325 e. The van der Waals surface area contributed by atoms with Gasteiger partial charge in [0, 0.05) is 21.8 Å². The van der Waals surface area contributed by atoms with Gasteiger partial charge in [-0.3, -0.25) is 19.3 Å². The molecule has 0 bridgehead atoms. The predicted octanol–water partition coefficient (Wildman–Crippen LogP) is 3.68. The summed E-state index contributed by atoms with van der Waals surface area (Å²) >= 11 is 7.02. The molecule has 3 aromatic carbocycles. The third-order valence-corrected chi connectivity index (χ3v) is 7.33. The van der Waals surface area contributed by atoms with Crippen LogP contribution in [0.5, 0.6) is 0 Å². The molecule has 1 aliphatic heterocycles. The fourth-order valence-electron chi connectivity index (χ4n) is 4.24. The minimum atomic E-state index is -0.423. The van der Waals surface area contributed by atoms with Crippen LogP contribution in [0, 0.1) is 6.92 Å². The Hall–Kier alpha value is -4.34. The molecule has 1 aliphatic rings. The maximum Gasteiger partial charge on any atom is 0.291 e. The van der Waals surface area contributed by atoms with Crippen molar-refractivity contribution in [3.05, 3.63) is 104 Å². The number of carbonyl (C=O) groups is 2. The second-order valence-corrected chi connectivity index (χ2v) is 9.98. The van der Waals surface area contributed by atoms with Gasteiger partial charge in [-0.25, -0.2) is 0 Å². The molecule has 182 valence electrons. The van der Waals surface area contributed by atoms with E-state index in [2.05, 4.69) is 15.4 Å². The van der Waals surface area contributed by atoms with Crippen LogP contribution in [0.2, 0.25) is 5.02 Å². The number of aryl methyl sites for hydroxylation is 1. The Morgan fingerprint density at radius 3 is 2.46 bits per heavy atom. The summed E-state index contributed by atoms with van der Waals surface area (Å²) in [4.78, 5) is 46.0.